The van der Waals surface area contributed by atoms with Crippen molar-refractivity contribution in [1.29, 1.82) is 0 Å². The van der Waals surface area contributed by atoms with Crippen LogP contribution >= 0.6 is 0 Å². The summed E-state index contributed by atoms with van der Waals surface area (Å²) in [6, 6.07) is 10.1. The number of nitrogens with zero attached hydrogens (tertiary/aromatic N) is 3. The molecule has 0 bridgehead atoms. The van der Waals surface area contributed by atoms with Gasteiger partial charge in [-0.1, -0.05) is 12.1 Å². The highest BCUT2D eigenvalue weighted by Crippen LogP contribution is 2.29. The summed E-state index contributed by atoms with van der Waals surface area (Å²) in [6.07, 6.45) is -1.71. The van der Waals surface area contributed by atoms with E-state index in [0.29, 0.717) is 44.8 Å². The minimum absolute atomic E-state index is 0.0862. The number of rotatable bonds is 5. The first kappa shape index (κ1) is 21.0. The SMILES string of the molecule is COc1ccc(CCC(=O)N2CCCN(c3ccc(C(F)(F)F)cn3)CC2)cc1. The molecule has 1 amide bonds. The van der Waals surface area contributed by atoms with Crippen LogP contribution in [0, 0.1) is 0 Å². The minimum atomic E-state index is -4.39. The van der Waals surface area contributed by atoms with Gasteiger partial charge in [0, 0.05) is 38.8 Å². The van der Waals surface area contributed by atoms with Crippen molar-refractivity contribution in [2.75, 3.05) is 38.2 Å². The number of hydrogen-bond donors (Lipinski definition) is 0. The highest BCUT2D eigenvalue weighted by atomic mass is 19.4. The van der Waals surface area contributed by atoms with Crippen molar-refractivity contribution < 1.29 is 22.7 Å². The molecule has 2 heterocycles. The van der Waals surface area contributed by atoms with Crippen molar-refractivity contribution in [3.05, 3.63) is 53.7 Å². The molecule has 8 heteroatoms. The highest BCUT2D eigenvalue weighted by Gasteiger charge is 2.31. The van der Waals surface area contributed by atoms with E-state index in [2.05, 4.69) is 4.98 Å². The summed E-state index contributed by atoms with van der Waals surface area (Å²) in [5.74, 6) is 1.37. The Kier molecular flexibility index (Phi) is 6.61. The number of amides is 1. The van der Waals surface area contributed by atoms with Crippen LogP contribution in [0.1, 0.15) is 24.0 Å². The number of carbonyl (C=O) groups excluding carboxylic acids is 1. The van der Waals surface area contributed by atoms with E-state index >= 15 is 0 Å². The molecule has 156 valence electrons. The van der Waals surface area contributed by atoms with Gasteiger partial charge >= 0.3 is 6.18 Å². The molecule has 0 unspecified atom stereocenters. The van der Waals surface area contributed by atoms with Crippen LogP contribution in [0.2, 0.25) is 0 Å². The Hall–Kier alpha value is -2.77. The van der Waals surface area contributed by atoms with Gasteiger partial charge in [0.1, 0.15) is 11.6 Å². The van der Waals surface area contributed by atoms with Crippen LogP contribution in [0.15, 0.2) is 42.6 Å². The van der Waals surface area contributed by atoms with Crippen molar-refractivity contribution in [1.82, 2.24) is 9.88 Å². The van der Waals surface area contributed by atoms with Gasteiger partial charge in [0.15, 0.2) is 0 Å². The summed E-state index contributed by atoms with van der Waals surface area (Å²) in [5, 5.41) is 0. The first-order chi connectivity index (χ1) is 13.9. The topological polar surface area (TPSA) is 45.7 Å². The van der Waals surface area contributed by atoms with Gasteiger partial charge in [0.25, 0.3) is 0 Å². The number of alkyl halides is 3. The molecule has 1 aliphatic heterocycles. The number of pyridine rings is 1. The van der Waals surface area contributed by atoms with Crippen LogP contribution in [-0.2, 0) is 17.4 Å². The molecule has 2 aromatic rings. The smallest absolute Gasteiger partial charge is 0.417 e. The van der Waals surface area contributed by atoms with Gasteiger partial charge in [-0.3, -0.25) is 4.79 Å². The maximum absolute atomic E-state index is 12.7. The molecule has 0 atom stereocenters. The van der Waals surface area contributed by atoms with Crippen LogP contribution in [0.25, 0.3) is 0 Å². The molecular formula is C21H24F3N3O2. The zero-order valence-electron chi connectivity index (χ0n) is 16.3. The monoisotopic (exact) mass is 407 g/mol. The van der Waals surface area contributed by atoms with Crippen molar-refractivity contribution in [3.8, 4) is 5.75 Å². The van der Waals surface area contributed by atoms with E-state index in [1.165, 1.54) is 6.07 Å². The predicted molar refractivity (Wildman–Crippen MR) is 104 cm³/mol. The van der Waals surface area contributed by atoms with Crippen LogP contribution in [0.5, 0.6) is 5.75 Å². The third-order valence-corrected chi connectivity index (χ3v) is 5.03. The van der Waals surface area contributed by atoms with E-state index in [-0.39, 0.29) is 5.91 Å². The fourth-order valence-electron chi connectivity index (χ4n) is 3.34. The van der Waals surface area contributed by atoms with Gasteiger partial charge in [-0.05, 0) is 42.7 Å². The first-order valence-corrected chi connectivity index (χ1v) is 9.56. The number of benzene rings is 1. The second kappa shape index (κ2) is 9.15. The number of ether oxygens (including phenoxy) is 1. The lowest BCUT2D eigenvalue weighted by atomic mass is 10.1. The summed E-state index contributed by atoms with van der Waals surface area (Å²) in [7, 11) is 1.61. The molecule has 1 aromatic carbocycles. The lowest BCUT2D eigenvalue weighted by Crippen LogP contribution is -2.35. The van der Waals surface area contributed by atoms with Crippen LogP contribution in [-0.4, -0.2) is 49.1 Å². The summed E-state index contributed by atoms with van der Waals surface area (Å²) in [4.78, 5) is 20.3. The maximum atomic E-state index is 12.7. The van der Waals surface area contributed by atoms with Gasteiger partial charge in [0.05, 0.1) is 12.7 Å². The Morgan fingerprint density at radius 1 is 1.07 bits per heavy atom. The number of hydrogen-bond acceptors (Lipinski definition) is 4. The maximum Gasteiger partial charge on any atom is 0.417 e. The quantitative estimate of drug-likeness (QED) is 0.757. The van der Waals surface area contributed by atoms with Gasteiger partial charge in [-0.2, -0.15) is 13.2 Å². The summed E-state index contributed by atoms with van der Waals surface area (Å²) < 4.78 is 43.2. The van der Waals surface area contributed by atoms with Crippen molar-refractivity contribution >= 4 is 11.7 Å². The zero-order valence-corrected chi connectivity index (χ0v) is 16.3. The van der Waals surface area contributed by atoms with E-state index in [4.69, 9.17) is 4.74 Å². The minimum Gasteiger partial charge on any atom is -0.497 e. The second-order valence-electron chi connectivity index (χ2n) is 6.97. The van der Waals surface area contributed by atoms with E-state index in [1.54, 1.807) is 7.11 Å². The van der Waals surface area contributed by atoms with Crippen molar-refractivity contribution in [3.63, 3.8) is 0 Å². The number of methoxy groups -OCH3 is 1. The third kappa shape index (κ3) is 5.62. The molecule has 0 spiro atoms. The highest BCUT2D eigenvalue weighted by molar-refractivity contribution is 5.76. The summed E-state index contributed by atoms with van der Waals surface area (Å²) in [6.45, 7) is 2.37. The first-order valence-electron chi connectivity index (χ1n) is 9.56. The molecule has 0 radical (unpaired) electrons. The Morgan fingerprint density at radius 2 is 1.83 bits per heavy atom. The number of halogens is 3. The third-order valence-electron chi connectivity index (χ3n) is 5.03. The largest absolute Gasteiger partial charge is 0.497 e. The molecule has 1 fully saturated rings. The summed E-state index contributed by atoms with van der Waals surface area (Å²) >= 11 is 0. The van der Waals surface area contributed by atoms with Crippen molar-refractivity contribution in [2.24, 2.45) is 0 Å². The lowest BCUT2D eigenvalue weighted by Gasteiger charge is -2.23. The van der Waals surface area contributed by atoms with Gasteiger partial charge in [-0.15, -0.1) is 0 Å². The molecule has 5 nitrogen and oxygen atoms in total. The Bertz CT molecular complexity index is 807. The number of aromatic nitrogens is 1. The van der Waals surface area contributed by atoms with Crippen molar-refractivity contribution in [2.45, 2.75) is 25.4 Å². The molecule has 1 saturated heterocycles. The normalized spacial score (nSPS) is 15.2. The average Bonchev–Trinajstić information content (AvgIpc) is 2.98. The number of aryl methyl sites for hydroxylation is 1. The van der Waals surface area contributed by atoms with Crippen LogP contribution in [0.4, 0.5) is 19.0 Å². The molecule has 3 rings (SSSR count). The van der Waals surface area contributed by atoms with Crippen LogP contribution in [0.3, 0.4) is 0 Å². The molecule has 0 aliphatic carbocycles. The van der Waals surface area contributed by atoms with E-state index in [0.717, 1.165) is 30.0 Å². The van der Waals surface area contributed by atoms with E-state index < -0.39 is 11.7 Å². The molecule has 1 aliphatic rings. The van der Waals surface area contributed by atoms with Gasteiger partial charge in [-0.25, -0.2) is 4.98 Å². The van der Waals surface area contributed by atoms with E-state index in [1.807, 2.05) is 34.1 Å². The average molecular weight is 407 g/mol. The summed E-state index contributed by atoms with van der Waals surface area (Å²) in [5.41, 5.74) is 0.316. The zero-order chi connectivity index (χ0) is 20.9. The molecule has 29 heavy (non-hydrogen) atoms. The Balaban J connectivity index is 1.52. The molecule has 0 saturated carbocycles. The standard InChI is InChI=1S/C21H24F3N3O2/c1-29-18-7-3-16(4-8-18)5-10-20(28)27-12-2-11-26(13-14-27)19-9-6-17(15-25-19)21(22,23)24/h3-4,6-9,15H,2,5,10-14H2,1H3. The molecular weight excluding hydrogens is 383 g/mol. The van der Waals surface area contributed by atoms with E-state index in [9.17, 15) is 18.0 Å². The Morgan fingerprint density at radius 3 is 2.45 bits per heavy atom. The fraction of sp³-hybridized carbons (Fsp3) is 0.429. The molecule has 1 aromatic heterocycles. The lowest BCUT2D eigenvalue weighted by molar-refractivity contribution is -0.137. The predicted octanol–water partition coefficient (Wildman–Crippen LogP) is 3.78. The fourth-order valence-corrected chi connectivity index (χ4v) is 3.34. The van der Waals surface area contributed by atoms with Gasteiger partial charge in [0.2, 0.25) is 5.91 Å². The van der Waals surface area contributed by atoms with Crippen LogP contribution < -0.4 is 9.64 Å². The number of carbonyl (C=O) groups is 1. The second-order valence-corrected chi connectivity index (χ2v) is 6.97. The number of anilines is 1. The Labute approximate surface area is 168 Å². The van der Waals surface area contributed by atoms with Gasteiger partial charge < -0.3 is 14.5 Å². The molecule has 0 N–H and O–H groups in total.